The molecule has 0 saturated carbocycles. The lowest BCUT2D eigenvalue weighted by Gasteiger charge is -2.35. The number of urea groups is 1. The van der Waals surface area contributed by atoms with E-state index < -0.39 is 17.8 Å². The Kier molecular flexibility index (Phi) is 9.40. The number of nitrogens with zero attached hydrogens (tertiary/aromatic N) is 4. The number of ether oxygens (including phenoxy) is 1. The predicted molar refractivity (Wildman–Crippen MR) is 161 cm³/mol. The number of aromatic nitrogens is 1. The fraction of sp³-hybridized carbons (Fsp3) is 0.406. The molecule has 2 aliphatic heterocycles. The quantitative estimate of drug-likeness (QED) is 0.365. The van der Waals surface area contributed by atoms with E-state index in [0.29, 0.717) is 37.6 Å². The number of fused-ring (bicyclic) bond motifs is 1. The summed E-state index contributed by atoms with van der Waals surface area (Å²) in [7, 11) is 1.52. The third-order valence-corrected chi connectivity index (χ3v) is 8.32. The number of carbonyl (C=O) groups excluding carboxylic acids is 2. The lowest BCUT2D eigenvalue weighted by Crippen LogP contribution is -2.45. The monoisotopic (exact) mass is 610 g/mol. The van der Waals surface area contributed by atoms with Crippen LogP contribution in [-0.4, -0.2) is 77.9 Å². The summed E-state index contributed by atoms with van der Waals surface area (Å²) in [5.41, 5.74) is 1.71. The minimum Gasteiger partial charge on any atom is -0.457 e. The molecule has 12 heteroatoms. The highest BCUT2D eigenvalue weighted by molar-refractivity contribution is 5.92. The highest BCUT2D eigenvalue weighted by Gasteiger charge is 2.35. The Balaban J connectivity index is 1.28. The maximum absolute atomic E-state index is 14.1. The SMILES string of the molecule is CCN1CCN(Cc2ccc(NC(=O)N3CCc4ccc(Oc5ccnc(C(=O)NC)c5)cc4[C@@H]3C)cc2C(F)(F)F)CC1. The van der Waals surface area contributed by atoms with Gasteiger partial charge in [-0.3, -0.25) is 14.7 Å². The number of piperazine rings is 1. The van der Waals surface area contributed by atoms with Crippen molar-refractivity contribution in [1.29, 1.82) is 0 Å². The highest BCUT2D eigenvalue weighted by Crippen LogP contribution is 2.36. The van der Waals surface area contributed by atoms with E-state index in [-0.39, 0.29) is 35.4 Å². The van der Waals surface area contributed by atoms with E-state index in [1.165, 1.54) is 25.4 Å². The number of pyridine rings is 1. The van der Waals surface area contributed by atoms with Crippen molar-refractivity contribution in [2.24, 2.45) is 0 Å². The highest BCUT2D eigenvalue weighted by atomic mass is 19.4. The molecule has 1 saturated heterocycles. The molecule has 0 spiro atoms. The molecule has 0 unspecified atom stereocenters. The molecule has 0 bridgehead atoms. The van der Waals surface area contributed by atoms with Crippen molar-refractivity contribution < 1.29 is 27.5 Å². The van der Waals surface area contributed by atoms with Crippen molar-refractivity contribution in [2.75, 3.05) is 51.6 Å². The number of halogens is 3. The van der Waals surface area contributed by atoms with E-state index in [1.54, 1.807) is 17.0 Å². The van der Waals surface area contributed by atoms with Crippen LogP contribution in [0, 0.1) is 0 Å². The molecule has 1 fully saturated rings. The zero-order valence-electron chi connectivity index (χ0n) is 25.1. The second kappa shape index (κ2) is 13.2. The molecule has 3 heterocycles. The Morgan fingerprint density at radius 3 is 2.41 bits per heavy atom. The standard InChI is InChI=1S/C32H37F3N6O3/c1-4-39-13-15-40(16-14-39)20-23-5-7-24(17-28(23)32(33,34)35)38-31(43)41-12-10-22-6-8-25(18-27(22)21(41)2)44-26-9-11-37-29(19-26)30(42)36-3/h5-9,11,17-19,21H,4,10,12-16,20H2,1-3H3,(H,36,42)(H,38,43)/t21-/m0/s1. The van der Waals surface area contributed by atoms with Crippen LogP contribution in [0.5, 0.6) is 11.5 Å². The Morgan fingerprint density at radius 2 is 1.70 bits per heavy atom. The first-order chi connectivity index (χ1) is 21.0. The third-order valence-electron chi connectivity index (χ3n) is 8.32. The first-order valence-electron chi connectivity index (χ1n) is 14.8. The van der Waals surface area contributed by atoms with E-state index in [4.69, 9.17) is 4.74 Å². The molecule has 2 aromatic carbocycles. The fourth-order valence-corrected chi connectivity index (χ4v) is 5.75. The lowest BCUT2D eigenvalue weighted by molar-refractivity contribution is -0.138. The number of alkyl halides is 3. The minimum absolute atomic E-state index is 0.0987. The summed E-state index contributed by atoms with van der Waals surface area (Å²) in [5, 5.41) is 5.22. The zero-order valence-corrected chi connectivity index (χ0v) is 25.1. The van der Waals surface area contributed by atoms with Crippen LogP contribution in [0.4, 0.5) is 23.7 Å². The molecule has 44 heavy (non-hydrogen) atoms. The molecule has 3 amide bonds. The Morgan fingerprint density at radius 1 is 0.977 bits per heavy atom. The largest absolute Gasteiger partial charge is 0.457 e. The molecule has 5 rings (SSSR count). The Labute approximate surface area is 255 Å². The fourth-order valence-electron chi connectivity index (χ4n) is 5.75. The first-order valence-corrected chi connectivity index (χ1v) is 14.8. The van der Waals surface area contributed by atoms with E-state index in [0.717, 1.165) is 36.8 Å². The van der Waals surface area contributed by atoms with Crippen molar-refractivity contribution in [1.82, 2.24) is 25.0 Å². The number of amides is 3. The summed E-state index contributed by atoms with van der Waals surface area (Å²) >= 11 is 0. The Hall–Kier alpha value is -4.16. The molecule has 9 nitrogen and oxygen atoms in total. The average Bonchev–Trinajstić information content (AvgIpc) is 3.01. The van der Waals surface area contributed by atoms with E-state index in [2.05, 4.69) is 27.4 Å². The molecular formula is C32H37F3N6O3. The van der Waals surface area contributed by atoms with Gasteiger partial charge >= 0.3 is 12.2 Å². The van der Waals surface area contributed by atoms with Gasteiger partial charge in [0.25, 0.3) is 5.91 Å². The summed E-state index contributed by atoms with van der Waals surface area (Å²) in [6, 6.07) is 12.0. The van der Waals surface area contributed by atoms with Crippen LogP contribution < -0.4 is 15.4 Å². The number of rotatable bonds is 7. The van der Waals surface area contributed by atoms with E-state index in [9.17, 15) is 22.8 Å². The van der Waals surface area contributed by atoms with Gasteiger partial charge in [0, 0.05) is 64.3 Å². The van der Waals surface area contributed by atoms with Crippen LogP contribution in [-0.2, 0) is 19.1 Å². The third kappa shape index (κ3) is 7.13. The molecule has 234 valence electrons. The van der Waals surface area contributed by atoms with Gasteiger partial charge in [-0.15, -0.1) is 0 Å². The van der Waals surface area contributed by atoms with Gasteiger partial charge in [0.1, 0.15) is 17.2 Å². The molecule has 1 atom stereocenters. The van der Waals surface area contributed by atoms with Gasteiger partial charge in [0.2, 0.25) is 0 Å². The van der Waals surface area contributed by atoms with Gasteiger partial charge in [-0.2, -0.15) is 13.2 Å². The summed E-state index contributed by atoms with van der Waals surface area (Å²) < 4.78 is 48.3. The summed E-state index contributed by atoms with van der Waals surface area (Å²) in [6.07, 6.45) is -2.48. The minimum atomic E-state index is -4.55. The van der Waals surface area contributed by atoms with Gasteiger partial charge in [0.15, 0.2) is 0 Å². The number of anilines is 1. The number of carbonyl (C=O) groups is 2. The van der Waals surface area contributed by atoms with Gasteiger partial charge in [0.05, 0.1) is 11.6 Å². The zero-order chi connectivity index (χ0) is 31.4. The van der Waals surface area contributed by atoms with Crippen LogP contribution in [0.25, 0.3) is 0 Å². The van der Waals surface area contributed by atoms with Gasteiger partial charge in [-0.25, -0.2) is 4.79 Å². The maximum Gasteiger partial charge on any atom is 0.416 e. The molecule has 1 aromatic heterocycles. The molecule has 2 N–H and O–H groups in total. The lowest BCUT2D eigenvalue weighted by atomic mass is 9.93. The number of hydrogen-bond acceptors (Lipinski definition) is 6. The van der Waals surface area contributed by atoms with E-state index >= 15 is 0 Å². The van der Waals surface area contributed by atoms with Crippen molar-refractivity contribution in [2.45, 2.75) is 39.0 Å². The molecule has 0 radical (unpaired) electrons. The summed E-state index contributed by atoms with van der Waals surface area (Å²) in [6.45, 7) is 8.59. The number of nitrogens with one attached hydrogen (secondary N) is 2. The van der Waals surface area contributed by atoms with Crippen LogP contribution >= 0.6 is 0 Å². The average molecular weight is 611 g/mol. The normalized spacial score (nSPS) is 17.6. The van der Waals surface area contributed by atoms with Gasteiger partial charge in [-0.1, -0.05) is 19.1 Å². The second-order valence-corrected chi connectivity index (χ2v) is 11.0. The van der Waals surface area contributed by atoms with E-state index in [1.807, 2.05) is 30.0 Å². The number of benzene rings is 2. The van der Waals surface area contributed by atoms with Crippen molar-refractivity contribution in [3.63, 3.8) is 0 Å². The van der Waals surface area contributed by atoms with Crippen LogP contribution in [0.1, 0.15) is 52.6 Å². The van der Waals surface area contributed by atoms with Crippen LogP contribution in [0.2, 0.25) is 0 Å². The van der Waals surface area contributed by atoms with Crippen molar-refractivity contribution in [3.05, 3.63) is 82.7 Å². The summed E-state index contributed by atoms with van der Waals surface area (Å²) in [4.78, 5) is 35.3. The van der Waals surface area contributed by atoms with Gasteiger partial charge < -0.3 is 25.2 Å². The topological polar surface area (TPSA) is 90.0 Å². The number of likely N-dealkylation sites (N-methyl/N-ethyl adjacent to an activating group) is 1. The van der Waals surface area contributed by atoms with Crippen LogP contribution in [0.3, 0.4) is 0 Å². The van der Waals surface area contributed by atoms with Crippen molar-refractivity contribution in [3.8, 4) is 11.5 Å². The summed E-state index contributed by atoms with van der Waals surface area (Å²) in [5.74, 6) is 0.621. The molecule has 0 aliphatic carbocycles. The molecule has 3 aromatic rings. The van der Waals surface area contributed by atoms with Gasteiger partial charge in [-0.05, 0) is 66.9 Å². The second-order valence-electron chi connectivity index (χ2n) is 11.0. The Bertz CT molecular complexity index is 1510. The first kappa shape index (κ1) is 31.3. The molecule has 2 aliphatic rings. The van der Waals surface area contributed by atoms with Crippen molar-refractivity contribution >= 4 is 17.6 Å². The smallest absolute Gasteiger partial charge is 0.416 e. The number of hydrogen-bond donors (Lipinski definition) is 2. The maximum atomic E-state index is 14.1. The van der Waals surface area contributed by atoms with Crippen LogP contribution in [0.15, 0.2) is 54.7 Å². The predicted octanol–water partition coefficient (Wildman–Crippen LogP) is 5.54. The molecular weight excluding hydrogens is 573 g/mol.